The molecule has 0 fully saturated rings. The highest BCUT2D eigenvalue weighted by Gasteiger charge is 2.23. The van der Waals surface area contributed by atoms with Crippen LogP contribution in [0.4, 0.5) is 5.00 Å². The molecule has 0 unspecified atom stereocenters. The zero-order valence-electron chi connectivity index (χ0n) is 13.7. The summed E-state index contributed by atoms with van der Waals surface area (Å²) in [5, 5.41) is 16.1. The van der Waals surface area contributed by atoms with Crippen LogP contribution in [0.15, 0.2) is 18.2 Å². The molecule has 1 heterocycles. The molecule has 0 bridgehead atoms. The number of benzene rings is 1. The van der Waals surface area contributed by atoms with E-state index in [4.69, 9.17) is 23.2 Å². The molecule has 3 rings (SSSR count). The fourth-order valence-corrected chi connectivity index (χ4v) is 4.91. The van der Waals surface area contributed by atoms with Gasteiger partial charge in [0.2, 0.25) is 0 Å². The van der Waals surface area contributed by atoms with E-state index in [1.54, 1.807) is 12.1 Å². The highest BCUT2D eigenvalue weighted by molar-refractivity contribution is 7.16. The first-order valence-corrected chi connectivity index (χ1v) is 9.69. The van der Waals surface area contributed by atoms with Gasteiger partial charge in [-0.2, -0.15) is 5.26 Å². The van der Waals surface area contributed by atoms with Crippen molar-refractivity contribution in [1.82, 2.24) is 0 Å². The second-order valence-electron chi connectivity index (χ2n) is 6.12. The quantitative estimate of drug-likeness (QED) is 0.811. The standard InChI is InChI=1S/C18H17Cl2N3OS/c1-10(12-6-5-11(19)7-15(12)20)22-9-17(24)23-18-14(8-21)13-3-2-4-16(13)25-18/h5-7,10,22H,2-4,9H2,1H3,(H,23,24)/p+1/t10-/m1/s1. The number of fused-ring (bicyclic) bond motifs is 1. The van der Waals surface area contributed by atoms with Crippen LogP contribution >= 0.6 is 34.5 Å². The molecule has 2 aromatic rings. The van der Waals surface area contributed by atoms with Crippen LogP contribution in [0.2, 0.25) is 10.0 Å². The lowest BCUT2D eigenvalue weighted by molar-refractivity contribution is -0.682. The van der Waals surface area contributed by atoms with Crippen LogP contribution in [0.1, 0.15) is 41.0 Å². The predicted octanol–water partition coefficient (Wildman–Crippen LogP) is 3.68. The number of hydrogen-bond acceptors (Lipinski definition) is 3. The zero-order chi connectivity index (χ0) is 18.0. The fourth-order valence-electron chi connectivity index (χ4n) is 3.07. The Bertz CT molecular complexity index is 857. The number of rotatable bonds is 5. The molecular weight excluding hydrogens is 377 g/mol. The van der Waals surface area contributed by atoms with Crippen LogP contribution in [0, 0.1) is 11.3 Å². The Labute approximate surface area is 160 Å². The molecule has 1 amide bonds. The lowest BCUT2D eigenvalue weighted by Gasteiger charge is -2.12. The summed E-state index contributed by atoms with van der Waals surface area (Å²) in [6.45, 7) is 2.25. The van der Waals surface area contributed by atoms with Crippen molar-refractivity contribution < 1.29 is 10.1 Å². The van der Waals surface area contributed by atoms with Crippen LogP contribution < -0.4 is 10.6 Å². The molecule has 1 aliphatic rings. The lowest BCUT2D eigenvalue weighted by Crippen LogP contribution is -2.86. The Hall–Kier alpha value is -1.58. The molecule has 0 saturated heterocycles. The summed E-state index contributed by atoms with van der Waals surface area (Å²) in [4.78, 5) is 13.5. The Morgan fingerprint density at radius 3 is 2.96 bits per heavy atom. The summed E-state index contributed by atoms with van der Waals surface area (Å²) in [5.41, 5.74) is 2.69. The van der Waals surface area contributed by atoms with E-state index >= 15 is 0 Å². The second-order valence-corrected chi connectivity index (χ2v) is 8.06. The number of nitrogens with zero attached hydrogens (tertiary/aromatic N) is 1. The van der Waals surface area contributed by atoms with Crippen LogP contribution in [0.3, 0.4) is 0 Å². The zero-order valence-corrected chi connectivity index (χ0v) is 16.1. The molecule has 4 nitrogen and oxygen atoms in total. The molecule has 1 aromatic heterocycles. The minimum atomic E-state index is -0.117. The van der Waals surface area contributed by atoms with Gasteiger partial charge in [0.05, 0.1) is 10.6 Å². The molecule has 1 atom stereocenters. The van der Waals surface area contributed by atoms with Gasteiger partial charge in [-0.3, -0.25) is 4.79 Å². The maximum Gasteiger partial charge on any atom is 0.280 e. The van der Waals surface area contributed by atoms with E-state index in [0.29, 0.717) is 20.6 Å². The van der Waals surface area contributed by atoms with Crippen LogP contribution in [0.5, 0.6) is 0 Å². The molecule has 7 heteroatoms. The van der Waals surface area contributed by atoms with Gasteiger partial charge in [-0.05, 0) is 43.9 Å². The molecule has 3 N–H and O–H groups in total. The number of carbonyl (C=O) groups excluding carboxylic acids is 1. The molecule has 1 aromatic carbocycles. The SMILES string of the molecule is C[C@@H]([NH2+]CC(=O)Nc1sc2c(c1C#N)CCC2)c1ccc(Cl)cc1Cl. The van der Waals surface area contributed by atoms with Gasteiger partial charge in [0, 0.05) is 15.5 Å². The van der Waals surface area contributed by atoms with Crippen molar-refractivity contribution >= 4 is 45.4 Å². The smallest absolute Gasteiger partial charge is 0.280 e. The first-order valence-electron chi connectivity index (χ1n) is 8.12. The molecule has 25 heavy (non-hydrogen) atoms. The Balaban J connectivity index is 1.61. The first-order chi connectivity index (χ1) is 12.0. The van der Waals surface area contributed by atoms with Gasteiger partial charge < -0.3 is 10.6 Å². The fraction of sp³-hybridized carbons (Fsp3) is 0.333. The van der Waals surface area contributed by atoms with Gasteiger partial charge in [0.1, 0.15) is 17.1 Å². The van der Waals surface area contributed by atoms with Crippen molar-refractivity contribution in [3.05, 3.63) is 49.8 Å². The number of carbonyl (C=O) groups is 1. The van der Waals surface area contributed by atoms with E-state index in [-0.39, 0.29) is 18.5 Å². The average molecular weight is 395 g/mol. The summed E-state index contributed by atoms with van der Waals surface area (Å²) in [5.74, 6) is -0.117. The molecule has 0 saturated carbocycles. The van der Waals surface area contributed by atoms with Crippen molar-refractivity contribution in [2.75, 3.05) is 11.9 Å². The number of nitriles is 1. The number of thiophene rings is 1. The Kier molecular flexibility index (Phi) is 5.65. The minimum absolute atomic E-state index is 0.0271. The van der Waals surface area contributed by atoms with E-state index in [0.717, 1.165) is 30.4 Å². The summed E-state index contributed by atoms with van der Waals surface area (Å²) < 4.78 is 0. The number of nitrogens with one attached hydrogen (secondary N) is 1. The van der Waals surface area contributed by atoms with Crippen LogP contribution in [-0.4, -0.2) is 12.5 Å². The van der Waals surface area contributed by atoms with Crippen molar-refractivity contribution in [2.24, 2.45) is 0 Å². The number of hydrogen-bond donors (Lipinski definition) is 2. The van der Waals surface area contributed by atoms with Gasteiger partial charge in [-0.15, -0.1) is 11.3 Å². The summed E-state index contributed by atoms with van der Waals surface area (Å²) in [7, 11) is 0. The average Bonchev–Trinajstić information content (AvgIpc) is 3.13. The molecular formula is C18H18Cl2N3OS+. The van der Waals surface area contributed by atoms with Gasteiger partial charge in [-0.1, -0.05) is 29.3 Å². The van der Waals surface area contributed by atoms with Gasteiger partial charge in [0.15, 0.2) is 6.54 Å². The van der Waals surface area contributed by atoms with E-state index < -0.39 is 0 Å². The number of nitrogens with two attached hydrogens (primary N) is 1. The summed E-state index contributed by atoms with van der Waals surface area (Å²) >= 11 is 13.7. The van der Waals surface area contributed by atoms with Gasteiger partial charge >= 0.3 is 0 Å². The predicted molar refractivity (Wildman–Crippen MR) is 101 cm³/mol. The van der Waals surface area contributed by atoms with Crippen LogP contribution in [-0.2, 0) is 17.6 Å². The first kappa shape index (κ1) is 18.2. The largest absolute Gasteiger partial charge is 0.332 e. The number of amides is 1. The highest BCUT2D eigenvalue weighted by atomic mass is 35.5. The topological polar surface area (TPSA) is 69.5 Å². The van der Waals surface area contributed by atoms with E-state index in [9.17, 15) is 10.1 Å². The lowest BCUT2D eigenvalue weighted by atomic mass is 10.1. The second kappa shape index (κ2) is 7.76. The molecule has 1 aliphatic carbocycles. The number of aryl methyl sites for hydroxylation is 1. The summed E-state index contributed by atoms with van der Waals surface area (Å²) in [6.07, 6.45) is 3.03. The maximum absolute atomic E-state index is 12.3. The number of halogens is 2. The third-order valence-corrected chi connectivity index (χ3v) is 6.17. The van der Waals surface area contributed by atoms with Gasteiger partial charge in [0.25, 0.3) is 5.91 Å². The van der Waals surface area contributed by atoms with Crippen molar-refractivity contribution in [3.63, 3.8) is 0 Å². The molecule has 0 aliphatic heterocycles. The Morgan fingerprint density at radius 2 is 2.24 bits per heavy atom. The third kappa shape index (κ3) is 3.99. The number of quaternary nitrogens is 1. The monoisotopic (exact) mass is 394 g/mol. The van der Waals surface area contributed by atoms with Crippen molar-refractivity contribution in [3.8, 4) is 6.07 Å². The highest BCUT2D eigenvalue weighted by Crippen LogP contribution is 2.38. The van der Waals surface area contributed by atoms with E-state index in [2.05, 4.69) is 11.4 Å². The minimum Gasteiger partial charge on any atom is -0.332 e. The third-order valence-electron chi connectivity index (χ3n) is 4.40. The Morgan fingerprint density at radius 1 is 1.44 bits per heavy atom. The molecule has 0 spiro atoms. The van der Waals surface area contributed by atoms with Crippen molar-refractivity contribution in [1.29, 1.82) is 5.26 Å². The molecule has 0 radical (unpaired) electrons. The van der Waals surface area contributed by atoms with Crippen LogP contribution in [0.25, 0.3) is 0 Å². The molecule has 130 valence electrons. The van der Waals surface area contributed by atoms with Crippen molar-refractivity contribution in [2.45, 2.75) is 32.2 Å². The normalized spacial score (nSPS) is 14.0. The summed E-state index contributed by atoms with van der Waals surface area (Å²) in [6, 6.07) is 7.64. The van der Waals surface area contributed by atoms with Gasteiger partial charge in [-0.25, -0.2) is 0 Å². The number of anilines is 1. The van der Waals surface area contributed by atoms with E-state index in [1.165, 1.54) is 16.2 Å². The maximum atomic E-state index is 12.3. The van der Waals surface area contributed by atoms with E-state index in [1.807, 2.05) is 18.3 Å².